The first-order chi connectivity index (χ1) is 13.0. The number of carbonyl (C=O) groups excluding carboxylic acids is 1. The SMILES string of the molecule is Cc1ccc(S(=O)(=O)N(CC(=O)NC(C)C(C)C)c2cccc(C)c2C)cc1. The zero-order valence-corrected chi connectivity index (χ0v) is 18.3. The number of amides is 1. The van der Waals surface area contributed by atoms with E-state index in [1.165, 1.54) is 4.31 Å². The van der Waals surface area contributed by atoms with Crippen LogP contribution in [-0.4, -0.2) is 26.9 Å². The van der Waals surface area contributed by atoms with E-state index in [0.717, 1.165) is 16.7 Å². The van der Waals surface area contributed by atoms with Gasteiger partial charge in [-0.2, -0.15) is 0 Å². The summed E-state index contributed by atoms with van der Waals surface area (Å²) >= 11 is 0. The van der Waals surface area contributed by atoms with Gasteiger partial charge < -0.3 is 5.32 Å². The summed E-state index contributed by atoms with van der Waals surface area (Å²) in [5.41, 5.74) is 3.30. The van der Waals surface area contributed by atoms with E-state index < -0.39 is 10.0 Å². The second kappa shape index (κ2) is 8.78. The number of aryl methyl sites for hydroxylation is 2. The summed E-state index contributed by atoms with van der Waals surface area (Å²) in [5.74, 6) is -0.0652. The van der Waals surface area contributed by atoms with E-state index in [0.29, 0.717) is 5.69 Å². The van der Waals surface area contributed by atoms with Crippen LogP contribution in [0.1, 0.15) is 37.5 Å². The molecule has 0 aliphatic heterocycles. The summed E-state index contributed by atoms with van der Waals surface area (Å²) in [6, 6.07) is 12.1. The van der Waals surface area contributed by atoms with Crippen LogP contribution in [0, 0.1) is 26.7 Å². The van der Waals surface area contributed by atoms with E-state index in [-0.39, 0.29) is 29.3 Å². The monoisotopic (exact) mass is 402 g/mol. The molecule has 0 aromatic heterocycles. The quantitative estimate of drug-likeness (QED) is 0.762. The summed E-state index contributed by atoms with van der Waals surface area (Å²) in [6.45, 7) is 11.4. The molecule has 0 saturated carbocycles. The highest BCUT2D eigenvalue weighted by atomic mass is 32.2. The van der Waals surface area contributed by atoms with Crippen molar-refractivity contribution in [2.45, 2.75) is 52.5 Å². The Balaban J connectivity index is 2.48. The third-order valence-electron chi connectivity index (χ3n) is 5.13. The minimum atomic E-state index is -3.89. The van der Waals surface area contributed by atoms with Crippen LogP contribution in [0.4, 0.5) is 5.69 Å². The van der Waals surface area contributed by atoms with E-state index in [9.17, 15) is 13.2 Å². The van der Waals surface area contributed by atoms with Crippen LogP contribution in [0.3, 0.4) is 0 Å². The molecule has 28 heavy (non-hydrogen) atoms. The molecule has 1 unspecified atom stereocenters. The lowest BCUT2D eigenvalue weighted by molar-refractivity contribution is -0.120. The Morgan fingerprint density at radius 3 is 2.18 bits per heavy atom. The Morgan fingerprint density at radius 1 is 1.00 bits per heavy atom. The van der Waals surface area contributed by atoms with Crippen LogP contribution < -0.4 is 9.62 Å². The van der Waals surface area contributed by atoms with Gasteiger partial charge in [-0.1, -0.05) is 43.7 Å². The number of nitrogens with zero attached hydrogens (tertiary/aromatic N) is 1. The van der Waals surface area contributed by atoms with Gasteiger partial charge in [0.15, 0.2) is 0 Å². The van der Waals surface area contributed by atoms with Crippen molar-refractivity contribution >= 4 is 21.6 Å². The zero-order chi connectivity index (χ0) is 21.1. The maximum absolute atomic E-state index is 13.4. The van der Waals surface area contributed by atoms with Crippen molar-refractivity contribution in [3.63, 3.8) is 0 Å². The number of nitrogens with one attached hydrogen (secondary N) is 1. The average Bonchev–Trinajstić information content (AvgIpc) is 2.62. The minimum absolute atomic E-state index is 0.0463. The molecule has 0 bridgehead atoms. The fourth-order valence-electron chi connectivity index (χ4n) is 2.74. The van der Waals surface area contributed by atoms with Crippen molar-refractivity contribution in [3.8, 4) is 0 Å². The molecule has 0 aliphatic carbocycles. The van der Waals surface area contributed by atoms with E-state index in [1.807, 2.05) is 53.7 Å². The number of hydrogen-bond acceptors (Lipinski definition) is 3. The largest absolute Gasteiger partial charge is 0.352 e. The van der Waals surface area contributed by atoms with Crippen LogP contribution >= 0.6 is 0 Å². The number of hydrogen-bond donors (Lipinski definition) is 1. The summed E-state index contributed by atoms with van der Waals surface area (Å²) < 4.78 is 28.0. The summed E-state index contributed by atoms with van der Waals surface area (Å²) in [7, 11) is -3.89. The van der Waals surface area contributed by atoms with Crippen LogP contribution in [-0.2, 0) is 14.8 Å². The number of benzene rings is 2. The van der Waals surface area contributed by atoms with Gasteiger partial charge in [-0.25, -0.2) is 8.42 Å². The first-order valence-electron chi connectivity index (χ1n) is 9.49. The maximum atomic E-state index is 13.4. The van der Waals surface area contributed by atoms with Crippen LogP contribution in [0.2, 0.25) is 0 Å². The average molecular weight is 403 g/mol. The van der Waals surface area contributed by atoms with Crippen molar-refractivity contribution in [1.29, 1.82) is 0 Å². The van der Waals surface area contributed by atoms with Crippen LogP contribution in [0.5, 0.6) is 0 Å². The molecule has 0 fully saturated rings. The molecular formula is C22H30N2O3S. The molecule has 152 valence electrons. The van der Waals surface area contributed by atoms with Crippen molar-refractivity contribution in [2.24, 2.45) is 5.92 Å². The Kier molecular flexibility index (Phi) is 6.88. The van der Waals surface area contributed by atoms with Gasteiger partial charge in [0.2, 0.25) is 5.91 Å². The third-order valence-corrected chi connectivity index (χ3v) is 6.90. The van der Waals surface area contributed by atoms with Gasteiger partial charge in [0, 0.05) is 6.04 Å². The molecule has 2 aromatic rings. The molecule has 0 spiro atoms. The molecule has 0 saturated heterocycles. The van der Waals surface area contributed by atoms with Gasteiger partial charge >= 0.3 is 0 Å². The predicted molar refractivity (Wildman–Crippen MR) is 114 cm³/mol. The van der Waals surface area contributed by atoms with E-state index in [2.05, 4.69) is 5.32 Å². The highest BCUT2D eigenvalue weighted by Gasteiger charge is 2.29. The van der Waals surface area contributed by atoms with Gasteiger partial charge in [-0.3, -0.25) is 9.10 Å². The molecule has 0 aliphatic rings. The Bertz CT molecular complexity index is 935. The van der Waals surface area contributed by atoms with E-state index in [4.69, 9.17) is 0 Å². The lowest BCUT2D eigenvalue weighted by atomic mass is 10.1. The molecule has 1 amide bonds. The maximum Gasteiger partial charge on any atom is 0.264 e. The number of sulfonamides is 1. The lowest BCUT2D eigenvalue weighted by Gasteiger charge is -2.27. The summed E-state index contributed by atoms with van der Waals surface area (Å²) in [6.07, 6.45) is 0. The Labute approximate surface area is 168 Å². The highest BCUT2D eigenvalue weighted by molar-refractivity contribution is 7.92. The normalized spacial score (nSPS) is 12.7. The molecular weight excluding hydrogens is 372 g/mol. The second-order valence-electron chi connectivity index (χ2n) is 7.64. The summed E-state index contributed by atoms with van der Waals surface area (Å²) in [4.78, 5) is 12.8. The second-order valence-corrected chi connectivity index (χ2v) is 9.51. The molecule has 2 rings (SSSR count). The highest BCUT2D eigenvalue weighted by Crippen LogP contribution is 2.28. The number of anilines is 1. The summed E-state index contributed by atoms with van der Waals surface area (Å²) in [5, 5.41) is 2.90. The predicted octanol–water partition coefficient (Wildman–Crippen LogP) is 3.97. The van der Waals surface area contributed by atoms with Gasteiger partial charge in [-0.05, 0) is 62.9 Å². The topological polar surface area (TPSA) is 66.5 Å². The van der Waals surface area contributed by atoms with Gasteiger partial charge in [0.1, 0.15) is 6.54 Å². The first-order valence-corrected chi connectivity index (χ1v) is 10.9. The van der Waals surface area contributed by atoms with Crippen molar-refractivity contribution in [2.75, 3.05) is 10.8 Å². The lowest BCUT2D eigenvalue weighted by Crippen LogP contribution is -2.45. The number of rotatable bonds is 7. The fourth-order valence-corrected chi connectivity index (χ4v) is 4.22. The fraction of sp³-hybridized carbons (Fsp3) is 0.409. The first kappa shape index (κ1) is 22.0. The van der Waals surface area contributed by atoms with Gasteiger partial charge in [0.05, 0.1) is 10.6 Å². The standard InChI is InChI=1S/C22H30N2O3S/c1-15(2)19(6)23-22(25)14-24(21-9-7-8-17(4)18(21)5)28(26,27)20-12-10-16(3)11-13-20/h7-13,15,19H,14H2,1-6H3,(H,23,25). The van der Waals surface area contributed by atoms with Crippen molar-refractivity contribution < 1.29 is 13.2 Å². The molecule has 1 atom stereocenters. The molecule has 6 heteroatoms. The molecule has 0 radical (unpaired) electrons. The number of carbonyl (C=O) groups is 1. The van der Waals surface area contributed by atoms with Gasteiger partial charge in [0.25, 0.3) is 10.0 Å². The Hall–Kier alpha value is -2.34. The van der Waals surface area contributed by atoms with Crippen molar-refractivity contribution in [3.05, 3.63) is 59.2 Å². The molecule has 1 N–H and O–H groups in total. The van der Waals surface area contributed by atoms with Crippen LogP contribution in [0.15, 0.2) is 47.4 Å². The molecule has 2 aromatic carbocycles. The van der Waals surface area contributed by atoms with Crippen molar-refractivity contribution in [1.82, 2.24) is 5.32 Å². The van der Waals surface area contributed by atoms with E-state index >= 15 is 0 Å². The molecule has 0 heterocycles. The minimum Gasteiger partial charge on any atom is -0.352 e. The smallest absolute Gasteiger partial charge is 0.264 e. The van der Waals surface area contributed by atoms with Gasteiger partial charge in [-0.15, -0.1) is 0 Å². The zero-order valence-electron chi connectivity index (χ0n) is 17.5. The van der Waals surface area contributed by atoms with E-state index in [1.54, 1.807) is 30.3 Å². The third kappa shape index (κ3) is 4.93. The van der Waals surface area contributed by atoms with Crippen LogP contribution in [0.25, 0.3) is 0 Å². The Morgan fingerprint density at radius 2 is 1.61 bits per heavy atom. The molecule has 5 nitrogen and oxygen atoms in total.